The zero-order chi connectivity index (χ0) is 27.4. The number of benzene rings is 2. The molecule has 0 aliphatic carbocycles. The Kier molecular flexibility index (Phi) is 9.56. The quantitative estimate of drug-likeness (QED) is 0.406. The molecular formula is C25H32Cl2N2O6S2. The third-order valence-electron chi connectivity index (χ3n) is 6.37. The van der Waals surface area contributed by atoms with E-state index in [1.807, 2.05) is 13.8 Å². The minimum Gasteiger partial charge on any atom is -0.492 e. The van der Waals surface area contributed by atoms with Crippen molar-refractivity contribution in [1.29, 1.82) is 0 Å². The Hall–Kier alpha value is -1.85. The lowest BCUT2D eigenvalue weighted by atomic mass is 9.86. The molecule has 0 radical (unpaired) electrons. The molecule has 204 valence electrons. The van der Waals surface area contributed by atoms with Crippen molar-refractivity contribution in [1.82, 2.24) is 9.62 Å². The Morgan fingerprint density at radius 1 is 1.05 bits per heavy atom. The first kappa shape index (κ1) is 29.7. The highest BCUT2D eigenvalue weighted by molar-refractivity contribution is 7.91. The predicted octanol–water partition coefficient (Wildman–Crippen LogP) is 4.55. The van der Waals surface area contributed by atoms with Crippen molar-refractivity contribution in [2.75, 3.05) is 26.0 Å². The fraction of sp³-hybridized carbons (Fsp3) is 0.480. The van der Waals surface area contributed by atoms with Crippen molar-refractivity contribution in [2.45, 2.75) is 55.4 Å². The molecule has 0 unspecified atom stereocenters. The lowest BCUT2D eigenvalue weighted by Gasteiger charge is -2.34. The number of halogens is 2. The predicted molar refractivity (Wildman–Crippen MR) is 144 cm³/mol. The fourth-order valence-electron chi connectivity index (χ4n) is 4.03. The third kappa shape index (κ3) is 7.83. The van der Waals surface area contributed by atoms with Gasteiger partial charge < -0.3 is 10.1 Å². The number of sulfonamides is 1. The molecule has 0 bridgehead atoms. The van der Waals surface area contributed by atoms with Crippen LogP contribution in [0.3, 0.4) is 0 Å². The summed E-state index contributed by atoms with van der Waals surface area (Å²) in [4.78, 5) is 12.9. The van der Waals surface area contributed by atoms with Gasteiger partial charge in [-0.25, -0.2) is 16.8 Å². The highest BCUT2D eigenvalue weighted by Crippen LogP contribution is 2.29. The number of piperidine rings is 1. The second-order valence-corrected chi connectivity index (χ2v) is 14.6. The first-order chi connectivity index (χ1) is 17.2. The maximum absolute atomic E-state index is 13.1. The van der Waals surface area contributed by atoms with Crippen LogP contribution in [0.1, 0.15) is 39.5 Å². The van der Waals surface area contributed by atoms with Gasteiger partial charge in [-0.2, -0.15) is 4.31 Å². The van der Waals surface area contributed by atoms with Crippen molar-refractivity contribution in [3.8, 4) is 5.75 Å². The van der Waals surface area contributed by atoms with E-state index >= 15 is 0 Å². The Balaban J connectivity index is 1.50. The van der Waals surface area contributed by atoms with Gasteiger partial charge in [-0.3, -0.25) is 4.79 Å². The van der Waals surface area contributed by atoms with Gasteiger partial charge in [0.25, 0.3) is 0 Å². The van der Waals surface area contributed by atoms with E-state index in [0.29, 0.717) is 48.1 Å². The van der Waals surface area contributed by atoms with E-state index in [4.69, 9.17) is 27.9 Å². The summed E-state index contributed by atoms with van der Waals surface area (Å²) in [6, 6.07) is 10.2. The van der Waals surface area contributed by atoms with E-state index in [-0.39, 0.29) is 34.8 Å². The van der Waals surface area contributed by atoms with Gasteiger partial charge >= 0.3 is 0 Å². The summed E-state index contributed by atoms with van der Waals surface area (Å²) in [6.45, 7) is 4.57. The zero-order valence-electron chi connectivity index (χ0n) is 21.0. The maximum Gasteiger partial charge on any atom is 0.243 e. The van der Waals surface area contributed by atoms with E-state index < -0.39 is 25.3 Å². The van der Waals surface area contributed by atoms with Gasteiger partial charge in [-0.1, -0.05) is 43.1 Å². The first-order valence-electron chi connectivity index (χ1n) is 11.9. The highest BCUT2D eigenvalue weighted by atomic mass is 35.5. The molecule has 0 saturated carbocycles. The van der Waals surface area contributed by atoms with Gasteiger partial charge in [0.1, 0.15) is 5.75 Å². The lowest BCUT2D eigenvalue weighted by molar-refractivity contribution is -0.130. The summed E-state index contributed by atoms with van der Waals surface area (Å²) < 4.78 is 56.8. The van der Waals surface area contributed by atoms with Crippen LogP contribution in [0.5, 0.6) is 5.75 Å². The molecule has 0 aromatic heterocycles. The molecule has 12 heteroatoms. The van der Waals surface area contributed by atoms with Crippen LogP contribution in [0.2, 0.25) is 10.0 Å². The lowest BCUT2D eigenvalue weighted by Crippen LogP contribution is -2.49. The Bertz CT molecular complexity index is 1340. The van der Waals surface area contributed by atoms with Crippen LogP contribution < -0.4 is 10.1 Å². The van der Waals surface area contributed by atoms with Crippen LogP contribution in [0.25, 0.3) is 0 Å². The number of amides is 1. The summed E-state index contributed by atoms with van der Waals surface area (Å²) in [5.41, 5.74) is -0.642. The van der Waals surface area contributed by atoms with Crippen LogP contribution >= 0.6 is 23.2 Å². The largest absolute Gasteiger partial charge is 0.492 e. The standard InChI is InChI=1S/C25H32Cl2N2O6S2/c1-25(2,12-5-15-35-23-16-18(26)8-9-22(23)27)24(30)28-19-10-13-29(14-11-19)37(33,34)21-7-4-6-20(17-21)36(3,31)32/h4,6-9,16-17,19H,5,10-15H2,1-3H3,(H,28,30). The molecule has 1 heterocycles. The number of ether oxygens (including phenoxy) is 1. The monoisotopic (exact) mass is 590 g/mol. The van der Waals surface area contributed by atoms with Crippen molar-refractivity contribution in [3.05, 3.63) is 52.5 Å². The normalized spacial score (nSPS) is 15.9. The molecule has 1 N–H and O–H groups in total. The molecule has 1 amide bonds. The molecule has 3 rings (SSSR count). The number of hydrogen-bond donors (Lipinski definition) is 1. The molecule has 0 atom stereocenters. The average molecular weight is 592 g/mol. The minimum absolute atomic E-state index is 0.0426. The Labute approximate surface area is 229 Å². The van der Waals surface area contributed by atoms with Gasteiger partial charge in [0, 0.05) is 41.9 Å². The smallest absolute Gasteiger partial charge is 0.243 e. The molecule has 1 fully saturated rings. The van der Waals surface area contributed by atoms with E-state index in [9.17, 15) is 21.6 Å². The second-order valence-electron chi connectivity index (χ2n) is 9.81. The molecule has 1 aliphatic heterocycles. The van der Waals surface area contributed by atoms with E-state index in [1.165, 1.54) is 28.6 Å². The molecule has 37 heavy (non-hydrogen) atoms. The number of hydrogen-bond acceptors (Lipinski definition) is 6. The number of nitrogens with one attached hydrogen (secondary N) is 1. The van der Waals surface area contributed by atoms with Crippen molar-refractivity contribution >= 4 is 49.0 Å². The SMILES string of the molecule is CC(C)(CCCOc1cc(Cl)ccc1Cl)C(=O)NC1CCN(S(=O)(=O)c2cccc(S(C)(=O)=O)c2)CC1. The van der Waals surface area contributed by atoms with E-state index in [1.54, 1.807) is 18.2 Å². The number of sulfone groups is 1. The Morgan fingerprint density at radius 3 is 2.35 bits per heavy atom. The van der Waals surface area contributed by atoms with Gasteiger partial charge in [-0.05, 0) is 56.0 Å². The van der Waals surface area contributed by atoms with Crippen molar-refractivity contribution in [3.63, 3.8) is 0 Å². The number of nitrogens with zero attached hydrogens (tertiary/aromatic N) is 1. The number of carbonyl (C=O) groups excluding carboxylic acids is 1. The van der Waals surface area contributed by atoms with Gasteiger partial charge in [0.2, 0.25) is 15.9 Å². The summed E-state index contributed by atoms with van der Waals surface area (Å²) in [5.74, 6) is 0.400. The molecule has 1 saturated heterocycles. The third-order valence-corrected chi connectivity index (χ3v) is 9.92. The zero-order valence-corrected chi connectivity index (χ0v) is 24.2. The molecule has 2 aromatic rings. The van der Waals surface area contributed by atoms with Crippen LogP contribution in [-0.4, -0.2) is 59.0 Å². The van der Waals surface area contributed by atoms with Crippen molar-refractivity contribution < 1.29 is 26.4 Å². The van der Waals surface area contributed by atoms with Crippen molar-refractivity contribution in [2.24, 2.45) is 5.41 Å². The molecular weight excluding hydrogens is 559 g/mol. The Morgan fingerprint density at radius 2 is 1.70 bits per heavy atom. The van der Waals surface area contributed by atoms with Gasteiger partial charge in [0.05, 0.1) is 21.4 Å². The summed E-state index contributed by atoms with van der Waals surface area (Å²) in [6.07, 6.45) is 3.18. The maximum atomic E-state index is 13.1. The second kappa shape index (κ2) is 11.9. The fourth-order valence-corrected chi connectivity index (χ4v) is 6.62. The molecule has 8 nitrogen and oxygen atoms in total. The highest BCUT2D eigenvalue weighted by Gasteiger charge is 2.33. The van der Waals surface area contributed by atoms with E-state index in [0.717, 1.165) is 6.26 Å². The first-order valence-corrected chi connectivity index (χ1v) is 16.0. The van der Waals surface area contributed by atoms with Crippen LogP contribution in [0, 0.1) is 5.41 Å². The summed E-state index contributed by atoms with van der Waals surface area (Å²) in [7, 11) is -7.37. The number of carbonyl (C=O) groups is 1. The van der Waals surface area contributed by atoms with Crippen LogP contribution in [0.15, 0.2) is 52.3 Å². The minimum atomic E-state index is -3.84. The number of rotatable bonds is 10. The van der Waals surface area contributed by atoms with E-state index in [2.05, 4.69) is 5.32 Å². The molecule has 1 aliphatic rings. The van der Waals surface area contributed by atoms with Gasteiger partial charge in [0.15, 0.2) is 9.84 Å². The summed E-state index contributed by atoms with van der Waals surface area (Å²) in [5, 5.41) is 4.05. The van der Waals surface area contributed by atoms with Crippen LogP contribution in [-0.2, 0) is 24.7 Å². The molecule has 0 spiro atoms. The molecule has 2 aromatic carbocycles. The van der Waals surface area contributed by atoms with Crippen LogP contribution in [0.4, 0.5) is 0 Å². The van der Waals surface area contributed by atoms with Gasteiger partial charge in [-0.15, -0.1) is 0 Å². The topological polar surface area (TPSA) is 110 Å². The summed E-state index contributed by atoms with van der Waals surface area (Å²) >= 11 is 12.1. The average Bonchev–Trinajstić information content (AvgIpc) is 2.83.